The molecular formula is C25H25N5O3S. The van der Waals surface area contributed by atoms with Gasteiger partial charge in [0.15, 0.2) is 5.65 Å². The fourth-order valence-corrected chi connectivity index (χ4v) is 5.83. The first kappa shape index (κ1) is 21.1. The van der Waals surface area contributed by atoms with Crippen LogP contribution in [0.2, 0.25) is 0 Å². The molecule has 2 fully saturated rings. The average Bonchev–Trinajstić information content (AvgIpc) is 3.39. The number of aromatic nitrogens is 3. The molecule has 2 aliphatic heterocycles. The van der Waals surface area contributed by atoms with Crippen molar-refractivity contribution in [2.24, 2.45) is 5.92 Å². The molecule has 2 saturated heterocycles. The summed E-state index contributed by atoms with van der Waals surface area (Å²) in [6, 6.07) is 13.1. The van der Waals surface area contributed by atoms with Gasteiger partial charge in [0.2, 0.25) is 0 Å². The topological polar surface area (TPSA) is 80.6 Å². The Balaban J connectivity index is 1.26. The van der Waals surface area contributed by atoms with Crippen molar-refractivity contribution in [1.29, 1.82) is 0 Å². The van der Waals surface area contributed by atoms with E-state index in [9.17, 15) is 8.42 Å². The van der Waals surface area contributed by atoms with Crippen LogP contribution in [-0.2, 0) is 10.1 Å². The predicted octanol–water partition coefficient (Wildman–Crippen LogP) is 2.97. The summed E-state index contributed by atoms with van der Waals surface area (Å²) in [7, 11) is -1.79. The third-order valence-electron chi connectivity index (χ3n) is 6.90. The summed E-state index contributed by atoms with van der Waals surface area (Å²) in [5.41, 5.74) is 4.41. The van der Waals surface area contributed by atoms with Gasteiger partial charge in [0.05, 0.1) is 11.9 Å². The Morgan fingerprint density at radius 2 is 1.76 bits per heavy atom. The average molecular weight is 476 g/mol. The second kappa shape index (κ2) is 7.82. The molecule has 0 N–H and O–H groups in total. The summed E-state index contributed by atoms with van der Waals surface area (Å²) < 4.78 is 31.9. The number of hydrogen-bond donors (Lipinski definition) is 0. The lowest BCUT2D eigenvalue weighted by atomic mass is 9.93. The van der Waals surface area contributed by atoms with E-state index in [1.54, 1.807) is 30.6 Å². The molecule has 1 aromatic carbocycles. The molecule has 9 heteroatoms. The fraction of sp³-hybridized carbons (Fsp3) is 0.280. The highest BCUT2D eigenvalue weighted by molar-refractivity contribution is 7.87. The number of likely N-dealkylation sites (N-methyl/N-ethyl adjacent to an activating group) is 1. The van der Waals surface area contributed by atoms with Gasteiger partial charge >= 0.3 is 10.1 Å². The van der Waals surface area contributed by atoms with Gasteiger partial charge in [-0.2, -0.15) is 13.1 Å². The molecular weight excluding hydrogens is 450 g/mol. The monoisotopic (exact) mass is 475 g/mol. The number of likely N-dealkylation sites (tertiary alicyclic amines) is 1. The maximum absolute atomic E-state index is 12.7. The van der Waals surface area contributed by atoms with Crippen molar-refractivity contribution in [2.45, 2.75) is 17.9 Å². The van der Waals surface area contributed by atoms with Crippen molar-refractivity contribution in [3.63, 3.8) is 0 Å². The lowest BCUT2D eigenvalue weighted by molar-refractivity contribution is 0.0827. The number of pyridine rings is 2. The third kappa shape index (κ3) is 3.61. The van der Waals surface area contributed by atoms with E-state index in [-0.39, 0.29) is 4.90 Å². The summed E-state index contributed by atoms with van der Waals surface area (Å²) in [5, 5.41) is 0.780. The van der Waals surface area contributed by atoms with Gasteiger partial charge in [0.1, 0.15) is 4.90 Å². The molecule has 0 spiro atoms. The number of nitrogens with zero attached hydrogens (tertiary/aromatic N) is 5. The number of fused-ring (bicyclic) bond motifs is 2. The van der Waals surface area contributed by atoms with Crippen LogP contribution in [0.15, 0.2) is 72.1 Å². The maximum atomic E-state index is 12.7. The standard InChI is InChI=1S/C25H25N5O3S/c1-17-3-5-23(6-4-17)34(31,32)33-30-8-7-18-9-19(12-27-25(18)30)20-10-22(13-26-11-20)29-15-21-14-28(2)24(21)16-29/h3-13,21,24H,14-16H2,1-2H3/t21-,24?/m1/s1. The summed E-state index contributed by atoms with van der Waals surface area (Å²) in [6.45, 7) is 5.15. The van der Waals surface area contributed by atoms with Gasteiger partial charge in [-0.1, -0.05) is 17.7 Å². The minimum absolute atomic E-state index is 0.0982. The molecule has 5 heterocycles. The van der Waals surface area contributed by atoms with Crippen LogP contribution in [0.4, 0.5) is 5.69 Å². The molecule has 0 radical (unpaired) electrons. The molecule has 8 nitrogen and oxygen atoms in total. The van der Waals surface area contributed by atoms with Crippen LogP contribution in [0.1, 0.15) is 5.56 Å². The molecule has 2 atom stereocenters. The van der Waals surface area contributed by atoms with E-state index in [0.717, 1.165) is 53.3 Å². The van der Waals surface area contributed by atoms with Crippen molar-refractivity contribution in [2.75, 3.05) is 31.6 Å². The molecule has 4 aromatic rings. The molecule has 2 aliphatic rings. The molecule has 0 bridgehead atoms. The van der Waals surface area contributed by atoms with E-state index >= 15 is 0 Å². The van der Waals surface area contributed by atoms with Crippen molar-refractivity contribution in [3.8, 4) is 11.1 Å². The molecule has 0 amide bonds. The molecule has 0 aliphatic carbocycles. The van der Waals surface area contributed by atoms with Gasteiger partial charge in [-0.05, 0) is 44.3 Å². The first-order valence-corrected chi connectivity index (χ1v) is 12.7. The zero-order valence-corrected chi connectivity index (χ0v) is 19.8. The number of hydrogen-bond acceptors (Lipinski definition) is 7. The molecule has 0 saturated carbocycles. The second-order valence-electron chi connectivity index (χ2n) is 9.22. The number of anilines is 1. The van der Waals surface area contributed by atoms with Crippen molar-refractivity contribution in [1.82, 2.24) is 19.6 Å². The summed E-state index contributed by atoms with van der Waals surface area (Å²) in [6.07, 6.45) is 7.04. The van der Waals surface area contributed by atoms with Crippen molar-refractivity contribution < 1.29 is 12.7 Å². The van der Waals surface area contributed by atoms with E-state index in [1.807, 2.05) is 25.4 Å². The first-order valence-electron chi connectivity index (χ1n) is 11.3. The number of benzene rings is 1. The molecule has 3 aromatic heterocycles. The van der Waals surface area contributed by atoms with Gasteiger partial charge in [0, 0.05) is 66.7 Å². The normalized spacial score (nSPS) is 20.4. The van der Waals surface area contributed by atoms with Gasteiger partial charge in [0.25, 0.3) is 0 Å². The number of rotatable bonds is 5. The first-order chi connectivity index (χ1) is 16.4. The second-order valence-corrected chi connectivity index (χ2v) is 10.8. The van der Waals surface area contributed by atoms with Crippen LogP contribution in [0.3, 0.4) is 0 Å². The third-order valence-corrected chi connectivity index (χ3v) is 8.11. The van der Waals surface area contributed by atoms with E-state index in [2.05, 4.69) is 32.9 Å². The van der Waals surface area contributed by atoms with Crippen LogP contribution in [0.5, 0.6) is 0 Å². The lowest BCUT2D eigenvalue weighted by Crippen LogP contribution is -2.52. The summed E-state index contributed by atoms with van der Waals surface area (Å²) in [4.78, 5) is 13.9. The minimum Gasteiger partial charge on any atom is -0.368 e. The Hall–Kier alpha value is -3.43. The van der Waals surface area contributed by atoms with E-state index < -0.39 is 10.1 Å². The Bertz CT molecular complexity index is 1480. The summed E-state index contributed by atoms with van der Waals surface area (Å²) >= 11 is 0. The largest absolute Gasteiger partial charge is 0.368 e. The highest BCUT2D eigenvalue weighted by Gasteiger charge is 2.43. The Morgan fingerprint density at radius 3 is 2.53 bits per heavy atom. The van der Waals surface area contributed by atoms with E-state index in [1.165, 1.54) is 16.9 Å². The summed E-state index contributed by atoms with van der Waals surface area (Å²) in [5.74, 6) is 0.739. The van der Waals surface area contributed by atoms with Crippen molar-refractivity contribution >= 4 is 26.8 Å². The Labute approximate surface area is 198 Å². The van der Waals surface area contributed by atoms with Gasteiger partial charge in [-0.15, -0.1) is 0 Å². The zero-order chi connectivity index (χ0) is 23.4. The molecule has 1 unspecified atom stereocenters. The van der Waals surface area contributed by atoms with E-state index in [0.29, 0.717) is 11.7 Å². The fourth-order valence-electron chi connectivity index (χ4n) is 4.94. The quantitative estimate of drug-likeness (QED) is 0.439. The number of aryl methyl sites for hydroxylation is 1. The van der Waals surface area contributed by atoms with E-state index in [4.69, 9.17) is 4.28 Å². The van der Waals surface area contributed by atoms with Gasteiger partial charge < -0.3 is 9.80 Å². The Kier molecular flexibility index (Phi) is 4.86. The van der Waals surface area contributed by atoms with Crippen LogP contribution in [0, 0.1) is 12.8 Å². The smallest absolute Gasteiger partial charge is 0.357 e. The van der Waals surface area contributed by atoms with Gasteiger partial charge in [-0.3, -0.25) is 9.27 Å². The highest BCUT2D eigenvalue weighted by Crippen LogP contribution is 2.34. The van der Waals surface area contributed by atoms with Crippen LogP contribution < -0.4 is 9.18 Å². The van der Waals surface area contributed by atoms with Crippen LogP contribution >= 0.6 is 0 Å². The van der Waals surface area contributed by atoms with Crippen LogP contribution in [0.25, 0.3) is 22.2 Å². The molecule has 174 valence electrons. The SMILES string of the molecule is Cc1ccc(S(=O)(=O)On2ccc3cc(-c4cncc(N5CC6[C@@H](C5)CN6C)c4)cnc32)cc1. The maximum Gasteiger partial charge on any atom is 0.357 e. The molecule has 6 rings (SSSR count). The van der Waals surface area contributed by atoms with Gasteiger partial charge in [-0.25, -0.2) is 4.98 Å². The zero-order valence-electron chi connectivity index (χ0n) is 19.0. The van der Waals surface area contributed by atoms with Crippen molar-refractivity contribution in [3.05, 3.63) is 72.8 Å². The highest BCUT2D eigenvalue weighted by atomic mass is 32.2. The lowest BCUT2D eigenvalue weighted by Gasteiger charge is -2.40. The van der Waals surface area contributed by atoms with Crippen LogP contribution in [-0.4, -0.2) is 60.7 Å². The minimum atomic E-state index is -3.97. The Morgan fingerprint density at radius 1 is 0.971 bits per heavy atom. The predicted molar refractivity (Wildman–Crippen MR) is 130 cm³/mol. The molecule has 34 heavy (non-hydrogen) atoms.